The Kier molecular flexibility index (Phi) is 6.55. The van der Waals surface area contributed by atoms with Gasteiger partial charge in [0, 0.05) is 6.42 Å². The Hall–Kier alpha value is -2.42. The monoisotopic (exact) mass is 308 g/mol. The predicted molar refractivity (Wildman–Crippen MR) is 95.3 cm³/mol. The minimum absolute atomic E-state index is 0.0500. The number of hydrogen-bond acceptors (Lipinski definition) is 2. The van der Waals surface area contributed by atoms with Gasteiger partial charge in [0.1, 0.15) is 0 Å². The van der Waals surface area contributed by atoms with Crippen molar-refractivity contribution in [1.29, 1.82) is 0 Å². The van der Waals surface area contributed by atoms with Gasteiger partial charge in [-0.1, -0.05) is 74.5 Å². The number of carbonyl (C=O) groups is 1. The predicted octanol–water partition coefficient (Wildman–Crippen LogP) is 4.19. The number of hydrazone groups is 1. The molecule has 0 bridgehead atoms. The maximum absolute atomic E-state index is 12.0. The van der Waals surface area contributed by atoms with Crippen molar-refractivity contribution >= 4 is 11.6 Å². The van der Waals surface area contributed by atoms with E-state index in [4.69, 9.17) is 0 Å². The van der Waals surface area contributed by atoms with Crippen molar-refractivity contribution in [2.24, 2.45) is 11.0 Å². The second-order valence-electron chi connectivity index (χ2n) is 6.04. The van der Waals surface area contributed by atoms with Crippen LogP contribution in [0.15, 0.2) is 65.8 Å². The fourth-order valence-electron chi connectivity index (χ4n) is 2.33. The number of hydrogen-bond donors (Lipinski definition) is 1. The number of aryl methyl sites for hydroxylation is 1. The number of nitrogens with zero attached hydrogens (tertiary/aromatic N) is 1. The zero-order valence-corrected chi connectivity index (χ0v) is 13.8. The zero-order valence-electron chi connectivity index (χ0n) is 13.8. The second kappa shape index (κ2) is 8.89. The first-order valence-electron chi connectivity index (χ1n) is 8.10. The molecule has 2 aromatic carbocycles. The first kappa shape index (κ1) is 16.9. The van der Waals surface area contributed by atoms with E-state index in [1.54, 1.807) is 0 Å². The molecule has 3 nitrogen and oxygen atoms in total. The topological polar surface area (TPSA) is 41.5 Å². The molecule has 0 aromatic heterocycles. The van der Waals surface area contributed by atoms with Crippen LogP contribution in [0.25, 0.3) is 0 Å². The second-order valence-corrected chi connectivity index (χ2v) is 6.04. The van der Waals surface area contributed by atoms with Crippen LogP contribution in [0.5, 0.6) is 0 Å². The lowest BCUT2D eigenvalue weighted by Gasteiger charge is -2.10. The Labute approximate surface area is 138 Å². The molecule has 2 aromatic rings. The molecule has 0 unspecified atom stereocenters. The van der Waals surface area contributed by atoms with Gasteiger partial charge in [-0.3, -0.25) is 4.79 Å². The quantitative estimate of drug-likeness (QED) is 0.605. The lowest BCUT2D eigenvalue weighted by molar-refractivity contribution is -0.121. The number of rotatable bonds is 7. The summed E-state index contributed by atoms with van der Waals surface area (Å²) >= 11 is 0. The van der Waals surface area contributed by atoms with Crippen molar-refractivity contribution in [2.75, 3.05) is 0 Å². The van der Waals surface area contributed by atoms with Crippen molar-refractivity contribution in [1.82, 2.24) is 5.43 Å². The molecule has 3 heteroatoms. The van der Waals surface area contributed by atoms with Gasteiger partial charge in [0.25, 0.3) is 0 Å². The summed E-state index contributed by atoms with van der Waals surface area (Å²) < 4.78 is 0. The van der Waals surface area contributed by atoms with Crippen molar-refractivity contribution in [3.63, 3.8) is 0 Å². The molecule has 0 atom stereocenters. The molecule has 1 amide bonds. The lowest BCUT2D eigenvalue weighted by atomic mass is 10.0. The van der Waals surface area contributed by atoms with E-state index in [9.17, 15) is 4.79 Å². The fraction of sp³-hybridized carbons (Fsp3) is 0.300. The molecule has 1 N–H and O–H groups in total. The summed E-state index contributed by atoms with van der Waals surface area (Å²) in [7, 11) is 0. The van der Waals surface area contributed by atoms with E-state index in [2.05, 4.69) is 24.4 Å². The highest BCUT2D eigenvalue weighted by molar-refractivity contribution is 6.01. The normalized spacial score (nSPS) is 11.5. The summed E-state index contributed by atoms with van der Waals surface area (Å²) in [4.78, 5) is 12.0. The van der Waals surface area contributed by atoms with Crippen molar-refractivity contribution < 1.29 is 4.79 Å². The van der Waals surface area contributed by atoms with Crippen LogP contribution < -0.4 is 5.43 Å². The Bertz CT molecular complexity index is 633. The van der Waals surface area contributed by atoms with Gasteiger partial charge in [-0.05, 0) is 29.9 Å². The maximum Gasteiger partial charge on any atom is 0.240 e. The molecule has 0 spiro atoms. The van der Waals surface area contributed by atoms with Crippen molar-refractivity contribution in [2.45, 2.75) is 33.1 Å². The smallest absolute Gasteiger partial charge is 0.240 e. The maximum atomic E-state index is 12.0. The molecule has 120 valence electrons. The molecule has 0 fully saturated rings. The summed E-state index contributed by atoms with van der Waals surface area (Å²) in [6, 6.07) is 20.0. The minimum Gasteiger partial charge on any atom is -0.273 e. The van der Waals surface area contributed by atoms with E-state index < -0.39 is 0 Å². The van der Waals surface area contributed by atoms with Gasteiger partial charge in [0.15, 0.2) is 0 Å². The van der Waals surface area contributed by atoms with Gasteiger partial charge in [-0.15, -0.1) is 0 Å². The average Bonchev–Trinajstić information content (AvgIpc) is 2.58. The van der Waals surface area contributed by atoms with Crippen LogP contribution in [0.3, 0.4) is 0 Å². The van der Waals surface area contributed by atoms with Gasteiger partial charge in [0.05, 0.1) is 5.71 Å². The SMILES string of the molecule is CC(C)C/C(=N\NC(=O)CCc1ccccc1)c1ccccc1. The molecular weight excluding hydrogens is 284 g/mol. The zero-order chi connectivity index (χ0) is 16.5. The third-order valence-corrected chi connectivity index (χ3v) is 3.51. The molecule has 0 aliphatic heterocycles. The number of amides is 1. The highest BCUT2D eigenvalue weighted by atomic mass is 16.2. The van der Waals surface area contributed by atoms with Crippen LogP contribution in [0.2, 0.25) is 0 Å². The van der Waals surface area contributed by atoms with Crippen LogP contribution in [-0.2, 0) is 11.2 Å². The average molecular weight is 308 g/mol. The molecule has 0 heterocycles. The molecule has 2 rings (SSSR count). The molecule has 0 radical (unpaired) electrons. The lowest BCUT2D eigenvalue weighted by Crippen LogP contribution is -2.21. The first-order valence-corrected chi connectivity index (χ1v) is 8.10. The third kappa shape index (κ3) is 6.07. The van der Waals surface area contributed by atoms with Gasteiger partial charge in [0.2, 0.25) is 5.91 Å². The Morgan fingerprint density at radius 2 is 1.61 bits per heavy atom. The Balaban J connectivity index is 1.95. The van der Waals surface area contributed by atoms with E-state index in [1.807, 2.05) is 60.7 Å². The molecular formula is C20H24N2O. The molecule has 0 saturated heterocycles. The molecule has 0 aliphatic carbocycles. The highest BCUT2D eigenvalue weighted by Gasteiger charge is 2.08. The third-order valence-electron chi connectivity index (χ3n) is 3.51. The van der Waals surface area contributed by atoms with Gasteiger partial charge < -0.3 is 0 Å². The summed E-state index contributed by atoms with van der Waals surface area (Å²) in [5.41, 5.74) is 5.85. The summed E-state index contributed by atoms with van der Waals surface area (Å²) in [5, 5.41) is 4.36. The van der Waals surface area contributed by atoms with Crippen LogP contribution in [0, 0.1) is 5.92 Å². The van der Waals surface area contributed by atoms with E-state index >= 15 is 0 Å². The Morgan fingerprint density at radius 1 is 1.00 bits per heavy atom. The van der Waals surface area contributed by atoms with Crippen LogP contribution >= 0.6 is 0 Å². The minimum atomic E-state index is -0.0500. The highest BCUT2D eigenvalue weighted by Crippen LogP contribution is 2.10. The summed E-state index contributed by atoms with van der Waals surface area (Å²) in [6.45, 7) is 4.30. The number of carbonyl (C=O) groups excluding carboxylic acids is 1. The van der Waals surface area contributed by atoms with Gasteiger partial charge in [-0.2, -0.15) is 5.10 Å². The standard InChI is InChI=1S/C20H24N2O/c1-16(2)15-19(18-11-7-4-8-12-18)21-22-20(23)14-13-17-9-5-3-6-10-17/h3-12,16H,13-15H2,1-2H3,(H,22,23)/b21-19+. The number of nitrogens with one attached hydrogen (secondary N) is 1. The van der Waals surface area contributed by atoms with Crippen LogP contribution in [0.1, 0.15) is 37.8 Å². The van der Waals surface area contributed by atoms with E-state index in [0.717, 1.165) is 29.7 Å². The molecule has 0 aliphatic rings. The summed E-state index contributed by atoms with van der Waals surface area (Å²) in [6.07, 6.45) is 2.01. The summed E-state index contributed by atoms with van der Waals surface area (Å²) in [5.74, 6) is 0.432. The largest absolute Gasteiger partial charge is 0.273 e. The number of benzene rings is 2. The fourth-order valence-corrected chi connectivity index (χ4v) is 2.33. The van der Waals surface area contributed by atoms with Crippen molar-refractivity contribution in [3.8, 4) is 0 Å². The van der Waals surface area contributed by atoms with Gasteiger partial charge >= 0.3 is 0 Å². The van der Waals surface area contributed by atoms with E-state index in [1.165, 1.54) is 0 Å². The molecule has 23 heavy (non-hydrogen) atoms. The van der Waals surface area contributed by atoms with Crippen molar-refractivity contribution in [3.05, 3.63) is 71.8 Å². The van der Waals surface area contributed by atoms with E-state index in [-0.39, 0.29) is 5.91 Å². The van der Waals surface area contributed by atoms with Crippen LogP contribution in [0.4, 0.5) is 0 Å². The van der Waals surface area contributed by atoms with Gasteiger partial charge in [-0.25, -0.2) is 5.43 Å². The van der Waals surface area contributed by atoms with Crippen LogP contribution in [-0.4, -0.2) is 11.6 Å². The first-order chi connectivity index (χ1) is 11.1. The Morgan fingerprint density at radius 3 is 2.22 bits per heavy atom. The molecule has 0 saturated carbocycles. The van der Waals surface area contributed by atoms with E-state index in [0.29, 0.717) is 12.3 Å².